The minimum atomic E-state index is -0.0190. The Labute approximate surface area is 118 Å². The molecule has 6 heteroatoms. The first-order valence-electron chi connectivity index (χ1n) is 7.49. The fraction of sp³-hybridized carbons (Fsp3) is 0.786. The Morgan fingerprint density at radius 3 is 3.05 bits per heavy atom. The molecule has 1 saturated carbocycles. The van der Waals surface area contributed by atoms with Gasteiger partial charge in [-0.1, -0.05) is 12.1 Å². The summed E-state index contributed by atoms with van der Waals surface area (Å²) in [5.41, 5.74) is 0. The second-order valence-electron chi connectivity index (χ2n) is 5.43. The van der Waals surface area contributed by atoms with Crippen LogP contribution in [0.5, 0.6) is 0 Å². The Bertz CT molecular complexity index is 488. The van der Waals surface area contributed by atoms with E-state index in [9.17, 15) is 4.79 Å². The van der Waals surface area contributed by atoms with Crippen LogP contribution in [0.4, 0.5) is 0 Å². The molecule has 1 saturated heterocycles. The Hall–Kier alpha value is -1.43. The van der Waals surface area contributed by atoms with Crippen molar-refractivity contribution in [3.05, 3.63) is 11.7 Å². The minimum Gasteiger partial charge on any atom is -0.378 e. The van der Waals surface area contributed by atoms with Gasteiger partial charge in [0.1, 0.15) is 0 Å². The van der Waals surface area contributed by atoms with E-state index in [1.165, 1.54) is 0 Å². The Morgan fingerprint density at radius 2 is 2.35 bits per heavy atom. The first kappa shape index (κ1) is 13.5. The van der Waals surface area contributed by atoms with Gasteiger partial charge in [-0.15, -0.1) is 0 Å². The number of likely N-dealkylation sites (tertiary alicyclic amines) is 1. The average Bonchev–Trinajstić information content (AvgIpc) is 2.91. The van der Waals surface area contributed by atoms with E-state index < -0.39 is 0 Å². The first-order chi connectivity index (χ1) is 9.74. The van der Waals surface area contributed by atoms with Gasteiger partial charge in [0.2, 0.25) is 11.8 Å². The van der Waals surface area contributed by atoms with E-state index in [2.05, 4.69) is 10.1 Å². The molecular weight excluding hydrogens is 258 g/mol. The fourth-order valence-corrected chi connectivity index (χ4v) is 2.89. The molecule has 6 nitrogen and oxygen atoms in total. The number of ether oxygens (including phenoxy) is 1. The fourth-order valence-electron chi connectivity index (χ4n) is 2.89. The van der Waals surface area contributed by atoms with Gasteiger partial charge in [-0.2, -0.15) is 4.98 Å². The molecule has 1 amide bonds. The number of aromatic nitrogens is 2. The lowest BCUT2D eigenvalue weighted by atomic mass is 10.2. The number of rotatable bonds is 5. The molecule has 20 heavy (non-hydrogen) atoms. The van der Waals surface area contributed by atoms with Crippen LogP contribution in [0.2, 0.25) is 0 Å². The van der Waals surface area contributed by atoms with Crippen molar-refractivity contribution < 1.29 is 14.1 Å². The molecule has 3 atom stereocenters. The summed E-state index contributed by atoms with van der Waals surface area (Å²) in [5, 5.41) is 4.03. The monoisotopic (exact) mass is 279 g/mol. The maximum absolute atomic E-state index is 12.5. The summed E-state index contributed by atoms with van der Waals surface area (Å²) in [6.45, 7) is 5.40. The lowest BCUT2D eigenvalue weighted by Gasteiger charge is -2.22. The third-order valence-corrected chi connectivity index (χ3v) is 4.05. The molecule has 3 rings (SSSR count). The smallest absolute Gasteiger partial charge is 0.229 e. The van der Waals surface area contributed by atoms with Crippen molar-refractivity contribution in [1.82, 2.24) is 15.0 Å². The van der Waals surface area contributed by atoms with Crippen molar-refractivity contribution in [3.8, 4) is 0 Å². The molecule has 110 valence electrons. The molecule has 2 heterocycles. The number of nitrogens with zero attached hydrogens (tertiary/aromatic N) is 3. The summed E-state index contributed by atoms with van der Waals surface area (Å²) >= 11 is 0. The number of amides is 1. The zero-order valence-corrected chi connectivity index (χ0v) is 12.0. The quantitative estimate of drug-likeness (QED) is 0.821. The Kier molecular flexibility index (Phi) is 3.74. The number of carbonyl (C=O) groups excluding carboxylic acids is 1. The van der Waals surface area contributed by atoms with Crippen LogP contribution in [0.25, 0.3) is 0 Å². The normalized spacial score (nSPS) is 28.9. The first-order valence-corrected chi connectivity index (χ1v) is 7.49. The van der Waals surface area contributed by atoms with Gasteiger partial charge in [-0.05, 0) is 26.2 Å². The van der Waals surface area contributed by atoms with E-state index in [1.54, 1.807) is 0 Å². The van der Waals surface area contributed by atoms with Crippen molar-refractivity contribution in [2.24, 2.45) is 5.92 Å². The van der Waals surface area contributed by atoms with Gasteiger partial charge >= 0.3 is 0 Å². The highest BCUT2D eigenvalue weighted by molar-refractivity contribution is 5.82. The molecule has 1 aliphatic carbocycles. The molecular formula is C14H21N3O3. The molecule has 2 fully saturated rings. The highest BCUT2D eigenvalue weighted by Crippen LogP contribution is 2.40. The van der Waals surface area contributed by atoms with Gasteiger partial charge in [0.05, 0.1) is 18.1 Å². The third-order valence-electron chi connectivity index (χ3n) is 4.05. The lowest BCUT2D eigenvalue weighted by molar-refractivity contribution is -0.134. The van der Waals surface area contributed by atoms with Crippen LogP contribution in [0.1, 0.15) is 50.9 Å². The number of carbonyl (C=O) groups is 1. The van der Waals surface area contributed by atoms with Gasteiger partial charge in [0.15, 0.2) is 5.82 Å². The van der Waals surface area contributed by atoms with Crippen LogP contribution >= 0.6 is 0 Å². The summed E-state index contributed by atoms with van der Waals surface area (Å²) in [5.74, 6) is 1.51. The number of aryl methyl sites for hydroxylation is 1. The molecule has 1 aromatic rings. The zero-order valence-electron chi connectivity index (χ0n) is 12.0. The van der Waals surface area contributed by atoms with E-state index in [0.29, 0.717) is 18.3 Å². The van der Waals surface area contributed by atoms with E-state index in [-0.39, 0.29) is 24.0 Å². The van der Waals surface area contributed by atoms with Gasteiger partial charge in [0, 0.05) is 19.6 Å². The highest BCUT2D eigenvalue weighted by atomic mass is 16.5. The molecule has 0 N–H and O–H groups in total. The van der Waals surface area contributed by atoms with Gasteiger partial charge < -0.3 is 14.2 Å². The number of hydrogen-bond acceptors (Lipinski definition) is 5. The highest BCUT2D eigenvalue weighted by Gasteiger charge is 2.48. The van der Waals surface area contributed by atoms with Crippen LogP contribution in [0.3, 0.4) is 0 Å². The van der Waals surface area contributed by atoms with Crippen molar-refractivity contribution in [2.45, 2.75) is 51.7 Å². The van der Waals surface area contributed by atoms with Crippen LogP contribution in [0, 0.1) is 5.92 Å². The van der Waals surface area contributed by atoms with Crippen LogP contribution in [0.15, 0.2) is 4.52 Å². The molecule has 1 aliphatic heterocycles. The summed E-state index contributed by atoms with van der Waals surface area (Å²) in [4.78, 5) is 18.8. The van der Waals surface area contributed by atoms with Crippen LogP contribution in [-0.2, 0) is 16.0 Å². The molecule has 0 unspecified atom stereocenters. The second-order valence-corrected chi connectivity index (χ2v) is 5.43. The summed E-state index contributed by atoms with van der Waals surface area (Å²) < 4.78 is 10.7. The topological polar surface area (TPSA) is 68.5 Å². The summed E-state index contributed by atoms with van der Waals surface area (Å²) in [6.07, 6.45) is 3.61. The third kappa shape index (κ3) is 2.44. The van der Waals surface area contributed by atoms with Gasteiger partial charge in [-0.3, -0.25) is 4.79 Å². The Balaban J connectivity index is 1.68. The maximum Gasteiger partial charge on any atom is 0.229 e. The summed E-state index contributed by atoms with van der Waals surface area (Å²) in [6, 6.07) is -0.0190. The van der Waals surface area contributed by atoms with Gasteiger partial charge in [0.25, 0.3) is 0 Å². The molecule has 0 bridgehead atoms. The van der Waals surface area contributed by atoms with Crippen molar-refractivity contribution in [2.75, 3.05) is 13.2 Å². The predicted molar refractivity (Wildman–Crippen MR) is 70.9 cm³/mol. The SMILES string of the molecule is CCO[C@@H]1C[C@H]1C(=O)N1CCC[C@@H]1c1noc(CC)n1. The predicted octanol–water partition coefficient (Wildman–Crippen LogP) is 1.72. The molecule has 2 aliphatic rings. The zero-order chi connectivity index (χ0) is 14.1. The van der Waals surface area contributed by atoms with E-state index in [1.807, 2.05) is 18.7 Å². The molecule has 0 spiro atoms. The molecule has 0 aromatic carbocycles. The van der Waals surface area contributed by atoms with Crippen LogP contribution < -0.4 is 0 Å². The van der Waals surface area contributed by atoms with E-state index in [0.717, 1.165) is 32.2 Å². The minimum absolute atomic E-state index is 0.0190. The standard InChI is InChI=1S/C14H21N3O3/c1-3-12-15-13(16-20-12)10-6-5-7-17(10)14(18)9-8-11(9)19-4-2/h9-11H,3-8H2,1-2H3/t9-,10-,11-/m1/s1. The maximum atomic E-state index is 12.5. The van der Waals surface area contributed by atoms with Crippen molar-refractivity contribution in [1.29, 1.82) is 0 Å². The van der Waals surface area contributed by atoms with Crippen LogP contribution in [-0.4, -0.2) is 40.2 Å². The lowest BCUT2D eigenvalue weighted by Crippen LogP contribution is -2.33. The average molecular weight is 279 g/mol. The van der Waals surface area contributed by atoms with Crippen molar-refractivity contribution >= 4 is 5.91 Å². The summed E-state index contributed by atoms with van der Waals surface area (Å²) in [7, 11) is 0. The molecule has 0 radical (unpaired) electrons. The van der Waals surface area contributed by atoms with E-state index in [4.69, 9.17) is 9.26 Å². The Morgan fingerprint density at radius 1 is 1.50 bits per heavy atom. The largest absolute Gasteiger partial charge is 0.378 e. The second kappa shape index (κ2) is 5.52. The van der Waals surface area contributed by atoms with E-state index >= 15 is 0 Å². The van der Waals surface area contributed by atoms with Gasteiger partial charge in [-0.25, -0.2) is 0 Å². The molecule has 1 aromatic heterocycles. The van der Waals surface area contributed by atoms with Crippen molar-refractivity contribution in [3.63, 3.8) is 0 Å². The number of hydrogen-bond donors (Lipinski definition) is 0.